The highest BCUT2D eigenvalue weighted by molar-refractivity contribution is 6.21. The largest absolute Gasteiger partial charge is 0.375 e. The SMILES string of the molecule is Cc1cc(N(C)CCCN2C(=O)c3ccccc3C2=O)ccc1N=Nc1c(C#N)cc([N+](=O)[O-])cc1[N+](=O)[O-]. The maximum Gasteiger partial charge on any atom is 0.304 e. The lowest BCUT2D eigenvalue weighted by Crippen LogP contribution is -2.32. The Kier molecular flexibility index (Phi) is 7.39. The molecule has 2 amide bonds. The summed E-state index contributed by atoms with van der Waals surface area (Å²) in [6.07, 6.45) is 0.545. The fraction of sp³-hybridized carbons (Fsp3) is 0.192. The predicted molar refractivity (Wildman–Crippen MR) is 140 cm³/mol. The molecule has 4 rings (SSSR count). The number of fused-ring (bicyclic) bond motifs is 1. The third-order valence-corrected chi connectivity index (χ3v) is 6.23. The second-order valence-corrected chi connectivity index (χ2v) is 8.74. The van der Waals surface area contributed by atoms with Crippen molar-refractivity contribution in [3.8, 4) is 6.07 Å². The fourth-order valence-corrected chi connectivity index (χ4v) is 4.17. The van der Waals surface area contributed by atoms with Gasteiger partial charge in [-0.1, -0.05) is 12.1 Å². The van der Waals surface area contributed by atoms with E-state index in [4.69, 9.17) is 0 Å². The van der Waals surface area contributed by atoms with Gasteiger partial charge < -0.3 is 4.90 Å². The molecule has 13 heteroatoms. The molecule has 3 aromatic carbocycles. The number of hydrogen-bond acceptors (Lipinski definition) is 10. The van der Waals surface area contributed by atoms with E-state index in [2.05, 4.69) is 10.2 Å². The Bertz CT molecular complexity index is 1560. The number of imide groups is 1. The van der Waals surface area contributed by atoms with E-state index in [-0.39, 0.29) is 29.6 Å². The van der Waals surface area contributed by atoms with E-state index < -0.39 is 21.2 Å². The Balaban J connectivity index is 1.45. The molecule has 0 aromatic heterocycles. The highest BCUT2D eigenvalue weighted by Crippen LogP contribution is 2.37. The van der Waals surface area contributed by atoms with Crippen molar-refractivity contribution in [3.63, 3.8) is 0 Å². The average molecular weight is 527 g/mol. The van der Waals surface area contributed by atoms with Gasteiger partial charge in [0.1, 0.15) is 6.07 Å². The molecule has 0 unspecified atom stereocenters. The van der Waals surface area contributed by atoms with Crippen molar-refractivity contribution >= 4 is 40.3 Å². The number of benzene rings is 3. The number of nitrogens with zero attached hydrogens (tertiary/aromatic N) is 7. The van der Waals surface area contributed by atoms with Crippen molar-refractivity contribution in [2.24, 2.45) is 10.2 Å². The maximum atomic E-state index is 12.5. The number of amides is 2. The van der Waals surface area contributed by atoms with E-state index in [9.17, 15) is 35.1 Å². The summed E-state index contributed by atoms with van der Waals surface area (Å²) in [6, 6.07) is 15.3. The van der Waals surface area contributed by atoms with E-state index >= 15 is 0 Å². The van der Waals surface area contributed by atoms with Crippen LogP contribution in [0.5, 0.6) is 0 Å². The van der Waals surface area contributed by atoms with Crippen LogP contribution in [0.2, 0.25) is 0 Å². The molecule has 1 aliphatic rings. The summed E-state index contributed by atoms with van der Waals surface area (Å²) in [6.45, 7) is 2.59. The normalized spacial score (nSPS) is 12.5. The second kappa shape index (κ2) is 10.9. The fourth-order valence-electron chi connectivity index (χ4n) is 4.17. The van der Waals surface area contributed by atoms with Gasteiger partial charge in [-0.2, -0.15) is 5.26 Å². The molecule has 0 radical (unpaired) electrons. The molecule has 1 heterocycles. The van der Waals surface area contributed by atoms with Gasteiger partial charge in [0.05, 0.1) is 38.3 Å². The molecule has 0 saturated carbocycles. The van der Waals surface area contributed by atoms with E-state index in [1.54, 1.807) is 49.4 Å². The van der Waals surface area contributed by atoms with Crippen molar-refractivity contribution < 1.29 is 19.4 Å². The Morgan fingerprint density at radius 1 is 0.974 bits per heavy atom. The smallest absolute Gasteiger partial charge is 0.304 e. The Morgan fingerprint density at radius 3 is 2.21 bits per heavy atom. The molecule has 0 aliphatic carbocycles. The number of hydrogen-bond donors (Lipinski definition) is 0. The minimum atomic E-state index is -0.852. The Labute approximate surface area is 221 Å². The first kappa shape index (κ1) is 26.6. The molecule has 0 bridgehead atoms. The monoisotopic (exact) mass is 527 g/mol. The molecule has 1 aliphatic heterocycles. The summed E-state index contributed by atoms with van der Waals surface area (Å²) in [4.78, 5) is 49.1. The molecule has 0 saturated heterocycles. The third-order valence-electron chi connectivity index (χ3n) is 6.23. The summed E-state index contributed by atoms with van der Waals surface area (Å²) in [5.74, 6) is -0.590. The van der Waals surface area contributed by atoms with E-state index in [0.29, 0.717) is 35.3 Å². The minimum Gasteiger partial charge on any atom is -0.375 e. The van der Waals surface area contributed by atoms with Crippen LogP contribution in [0.25, 0.3) is 0 Å². The number of carbonyl (C=O) groups is 2. The quantitative estimate of drug-likeness (QED) is 0.157. The van der Waals surface area contributed by atoms with E-state index in [1.165, 1.54) is 4.90 Å². The van der Waals surface area contributed by atoms with Crippen molar-refractivity contribution in [2.75, 3.05) is 25.0 Å². The number of carbonyl (C=O) groups excluding carboxylic acids is 2. The van der Waals surface area contributed by atoms with Crippen molar-refractivity contribution in [2.45, 2.75) is 13.3 Å². The molecular formula is C26H21N7O6. The zero-order chi connectivity index (χ0) is 28.3. The number of nitro groups is 2. The topological polar surface area (TPSA) is 175 Å². The number of azo groups is 1. The first-order chi connectivity index (χ1) is 18.6. The number of nitriles is 1. The molecular weight excluding hydrogens is 506 g/mol. The van der Waals surface area contributed by atoms with Crippen LogP contribution >= 0.6 is 0 Å². The summed E-state index contributed by atoms with van der Waals surface area (Å²) in [7, 11) is 1.86. The summed E-state index contributed by atoms with van der Waals surface area (Å²) in [5, 5.41) is 39.8. The van der Waals surface area contributed by atoms with Crippen LogP contribution in [-0.4, -0.2) is 46.7 Å². The van der Waals surface area contributed by atoms with Gasteiger partial charge in [-0.15, -0.1) is 10.2 Å². The Hall–Kier alpha value is -5.51. The lowest BCUT2D eigenvalue weighted by atomic mass is 10.1. The number of anilines is 1. The minimum absolute atomic E-state index is 0.275. The molecule has 13 nitrogen and oxygen atoms in total. The van der Waals surface area contributed by atoms with Gasteiger partial charge >= 0.3 is 5.69 Å². The van der Waals surface area contributed by atoms with Crippen molar-refractivity contribution in [3.05, 3.63) is 97.1 Å². The molecule has 0 fully saturated rings. The van der Waals surface area contributed by atoms with Gasteiger partial charge in [0.25, 0.3) is 17.5 Å². The number of non-ortho nitro benzene ring substituents is 1. The zero-order valence-electron chi connectivity index (χ0n) is 20.9. The molecule has 0 N–H and O–H groups in total. The second-order valence-electron chi connectivity index (χ2n) is 8.74. The van der Waals surface area contributed by atoms with Crippen LogP contribution in [0, 0.1) is 38.5 Å². The van der Waals surface area contributed by atoms with Crippen LogP contribution in [0.3, 0.4) is 0 Å². The number of nitro benzene ring substituents is 2. The highest BCUT2D eigenvalue weighted by Gasteiger charge is 2.34. The average Bonchev–Trinajstić information content (AvgIpc) is 3.16. The van der Waals surface area contributed by atoms with Gasteiger partial charge in [0, 0.05) is 31.9 Å². The van der Waals surface area contributed by atoms with Gasteiger partial charge in [-0.05, 0) is 49.2 Å². The molecule has 0 atom stereocenters. The molecule has 3 aromatic rings. The first-order valence-electron chi connectivity index (χ1n) is 11.7. The van der Waals surface area contributed by atoms with Crippen molar-refractivity contribution in [1.29, 1.82) is 5.26 Å². The van der Waals surface area contributed by atoms with Crippen molar-refractivity contribution in [1.82, 2.24) is 4.90 Å². The van der Waals surface area contributed by atoms with Crippen LogP contribution < -0.4 is 4.90 Å². The lowest BCUT2D eigenvalue weighted by molar-refractivity contribution is -0.393. The summed E-state index contributed by atoms with van der Waals surface area (Å²) < 4.78 is 0. The Morgan fingerprint density at radius 2 is 1.64 bits per heavy atom. The van der Waals surface area contributed by atoms with Gasteiger partial charge in [-0.25, -0.2) is 0 Å². The lowest BCUT2D eigenvalue weighted by Gasteiger charge is -2.21. The highest BCUT2D eigenvalue weighted by atomic mass is 16.6. The number of rotatable bonds is 9. The number of aryl methyl sites for hydroxylation is 1. The van der Waals surface area contributed by atoms with E-state index in [0.717, 1.165) is 17.8 Å². The standard InChI is InChI=1S/C26H21N7O6/c1-16-12-18(30(2)10-5-11-31-25(34)20-6-3-4-7-21(20)26(31)35)8-9-22(16)28-29-24-17(15-27)13-19(32(36)37)14-23(24)33(38)39/h3-4,6-9,12-14H,5,10-11H2,1-2H3. The van der Waals surface area contributed by atoms with Gasteiger partial charge in [0.15, 0.2) is 5.69 Å². The van der Waals surface area contributed by atoms with Crippen LogP contribution in [0.15, 0.2) is 64.8 Å². The third kappa shape index (κ3) is 5.30. The van der Waals surface area contributed by atoms with Crippen LogP contribution in [0.1, 0.15) is 38.3 Å². The van der Waals surface area contributed by atoms with Crippen LogP contribution in [0.4, 0.5) is 28.4 Å². The zero-order valence-corrected chi connectivity index (χ0v) is 20.9. The predicted octanol–water partition coefficient (Wildman–Crippen LogP) is 5.22. The summed E-state index contributed by atoms with van der Waals surface area (Å²) in [5.41, 5.74) is 0.720. The first-order valence-corrected chi connectivity index (χ1v) is 11.7. The van der Waals surface area contributed by atoms with E-state index in [1.807, 2.05) is 18.0 Å². The summed E-state index contributed by atoms with van der Waals surface area (Å²) >= 11 is 0. The molecule has 0 spiro atoms. The van der Waals surface area contributed by atoms with Gasteiger partial charge in [-0.3, -0.25) is 34.7 Å². The van der Waals surface area contributed by atoms with Gasteiger partial charge in [0.2, 0.25) is 0 Å². The molecule has 39 heavy (non-hydrogen) atoms. The van der Waals surface area contributed by atoms with Crippen LogP contribution in [-0.2, 0) is 0 Å². The molecule has 196 valence electrons. The maximum absolute atomic E-state index is 12.5.